The summed E-state index contributed by atoms with van der Waals surface area (Å²) in [5.74, 6) is -1.03. The molecule has 4 heteroatoms. The SMILES string of the molecule is Cc1cc(C(=O)O)ncc1N. The third-order valence-corrected chi connectivity index (χ3v) is 1.37. The van der Waals surface area contributed by atoms with Crippen molar-refractivity contribution in [3.8, 4) is 0 Å². The van der Waals surface area contributed by atoms with Crippen LogP contribution in [0.25, 0.3) is 0 Å². The standard InChI is InChI=1S/C7H8N2O2/c1-4-2-6(7(10)11)9-3-5(4)8/h2-3H,8H2,1H3,(H,10,11). The highest BCUT2D eigenvalue weighted by Gasteiger charge is 2.04. The van der Waals surface area contributed by atoms with Gasteiger partial charge in [-0.15, -0.1) is 0 Å². The number of nitrogens with zero attached hydrogens (tertiary/aromatic N) is 1. The van der Waals surface area contributed by atoms with Crippen molar-refractivity contribution in [2.75, 3.05) is 5.73 Å². The molecule has 0 atom stereocenters. The Morgan fingerprint density at radius 2 is 2.36 bits per heavy atom. The maximum absolute atomic E-state index is 10.4. The normalized spacial score (nSPS) is 9.55. The summed E-state index contributed by atoms with van der Waals surface area (Å²) >= 11 is 0. The van der Waals surface area contributed by atoms with Crippen LogP contribution >= 0.6 is 0 Å². The Morgan fingerprint density at radius 3 is 2.82 bits per heavy atom. The van der Waals surface area contributed by atoms with E-state index in [1.54, 1.807) is 6.92 Å². The van der Waals surface area contributed by atoms with Crippen LogP contribution in [0.3, 0.4) is 0 Å². The number of anilines is 1. The van der Waals surface area contributed by atoms with Crippen LogP contribution in [0.1, 0.15) is 16.1 Å². The molecule has 58 valence electrons. The fourth-order valence-corrected chi connectivity index (χ4v) is 0.684. The molecule has 0 saturated carbocycles. The lowest BCUT2D eigenvalue weighted by atomic mass is 10.2. The molecule has 0 amide bonds. The molecule has 0 aliphatic carbocycles. The number of aryl methyl sites for hydroxylation is 1. The molecule has 1 aromatic heterocycles. The van der Waals surface area contributed by atoms with Gasteiger partial charge in [0.05, 0.1) is 11.9 Å². The molecule has 3 N–H and O–H groups in total. The molecule has 4 nitrogen and oxygen atoms in total. The maximum atomic E-state index is 10.4. The van der Waals surface area contributed by atoms with Gasteiger partial charge < -0.3 is 10.8 Å². The molecule has 0 bridgehead atoms. The second-order valence-electron chi connectivity index (χ2n) is 2.23. The number of hydrogen-bond donors (Lipinski definition) is 2. The van der Waals surface area contributed by atoms with Gasteiger partial charge in [0.15, 0.2) is 0 Å². The van der Waals surface area contributed by atoms with Crippen LogP contribution in [0.2, 0.25) is 0 Å². The third kappa shape index (κ3) is 1.46. The molecule has 0 fully saturated rings. The predicted molar refractivity (Wildman–Crippen MR) is 40.3 cm³/mol. The van der Waals surface area contributed by atoms with Crippen molar-refractivity contribution in [3.63, 3.8) is 0 Å². The number of pyridine rings is 1. The number of hydrogen-bond acceptors (Lipinski definition) is 3. The van der Waals surface area contributed by atoms with Gasteiger partial charge in [0.25, 0.3) is 0 Å². The molecular weight excluding hydrogens is 144 g/mol. The van der Waals surface area contributed by atoms with Gasteiger partial charge in [0.2, 0.25) is 0 Å². The summed E-state index contributed by atoms with van der Waals surface area (Å²) in [5.41, 5.74) is 6.70. The number of nitrogens with two attached hydrogens (primary N) is 1. The van der Waals surface area contributed by atoms with Crippen molar-refractivity contribution in [1.29, 1.82) is 0 Å². The second-order valence-corrected chi connectivity index (χ2v) is 2.23. The summed E-state index contributed by atoms with van der Waals surface area (Å²) in [4.78, 5) is 14.0. The van der Waals surface area contributed by atoms with Gasteiger partial charge in [-0.05, 0) is 18.6 Å². The zero-order valence-corrected chi connectivity index (χ0v) is 6.03. The number of carboxylic acid groups (broad SMARTS) is 1. The minimum absolute atomic E-state index is 0.0247. The van der Waals surface area contributed by atoms with Gasteiger partial charge in [-0.3, -0.25) is 0 Å². The Morgan fingerprint density at radius 1 is 1.73 bits per heavy atom. The highest BCUT2D eigenvalue weighted by Crippen LogP contribution is 2.08. The van der Waals surface area contributed by atoms with E-state index >= 15 is 0 Å². The van der Waals surface area contributed by atoms with Crippen LogP contribution in [0.15, 0.2) is 12.3 Å². The van der Waals surface area contributed by atoms with Crippen LogP contribution in [0.5, 0.6) is 0 Å². The fourth-order valence-electron chi connectivity index (χ4n) is 0.684. The molecule has 1 rings (SSSR count). The van der Waals surface area contributed by atoms with Gasteiger partial charge >= 0.3 is 5.97 Å². The topological polar surface area (TPSA) is 76.2 Å². The van der Waals surface area contributed by atoms with Gasteiger partial charge in [0.1, 0.15) is 5.69 Å². The number of aromatic nitrogens is 1. The largest absolute Gasteiger partial charge is 0.477 e. The number of aromatic carboxylic acids is 1. The molecule has 1 heterocycles. The van der Waals surface area contributed by atoms with E-state index in [4.69, 9.17) is 10.8 Å². The average molecular weight is 152 g/mol. The first-order valence-corrected chi connectivity index (χ1v) is 3.06. The van der Waals surface area contributed by atoms with E-state index in [9.17, 15) is 4.79 Å². The fraction of sp³-hybridized carbons (Fsp3) is 0.143. The summed E-state index contributed by atoms with van der Waals surface area (Å²) in [6.45, 7) is 1.74. The van der Waals surface area contributed by atoms with Gasteiger partial charge in [-0.25, -0.2) is 9.78 Å². The summed E-state index contributed by atoms with van der Waals surface area (Å²) in [5, 5.41) is 8.50. The Bertz CT molecular complexity index is 296. The molecule has 0 unspecified atom stereocenters. The van der Waals surface area contributed by atoms with Crippen LogP contribution in [-0.4, -0.2) is 16.1 Å². The molecule has 0 aromatic carbocycles. The predicted octanol–water partition coefficient (Wildman–Crippen LogP) is 0.670. The molecule has 0 aliphatic rings. The number of carbonyl (C=O) groups is 1. The summed E-state index contributed by atoms with van der Waals surface area (Å²) < 4.78 is 0. The Hall–Kier alpha value is -1.58. The molecule has 11 heavy (non-hydrogen) atoms. The van der Waals surface area contributed by atoms with Crippen molar-refractivity contribution in [3.05, 3.63) is 23.5 Å². The van der Waals surface area contributed by atoms with Gasteiger partial charge in [0, 0.05) is 0 Å². The van der Waals surface area contributed by atoms with E-state index in [0.29, 0.717) is 5.69 Å². The van der Waals surface area contributed by atoms with Crippen molar-refractivity contribution < 1.29 is 9.90 Å². The van der Waals surface area contributed by atoms with E-state index in [1.165, 1.54) is 12.3 Å². The molecule has 1 aromatic rings. The Kier molecular flexibility index (Phi) is 1.76. The van der Waals surface area contributed by atoms with E-state index in [1.807, 2.05) is 0 Å². The molecular formula is C7H8N2O2. The Labute approximate surface area is 63.7 Å². The highest BCUT2D eigenvalue weighted by molar-refractivity contribution is 5.85. The molecule has 0 aliphatic heterocycles. The zero-order valence-electron chi connectivity index (χ0n) is 6.03. The van der Waals surface area contributed by atoms with Crippen molar-refractivity contribution in [1.82, 2.24) is 4.98 Å². The van der Waals surface area contributed by atoms with E-state index in [-0.39, 0.29) is 5.69 Å². The monoisotopic (exact) mass is 152 g/mol. The molecule has 0 spiro atoms. The number of nitrogen functional groups attached to an aromatic ring is 1. The minimum Gasteiger partial charge on any atom is -0.477 e. The van der Waals surface area contributed by atoms with Crippen LogP contribution < -0.4 is 5.73 Å². The Balaban J connectivity index is 3.15. The van der Waals surface area contributed by atoms with Crippen LogP contribution in [0.4, 0.5) is 5.69 Å². The average Bonchev–Trinajstić information content (AvgIpc) is 1.94. The van der Waals surface area contributed by atoms with Crippen molar-refractivity contribution in [2.45, 2.75) is 6.92 Å². The quantitative estimate of drug-likeness (QED) is 0.620. The zero-order chi connectivity index (χ0) is 8.43. The maximum Gasteiger partial charge on any atom is 0.354 e. The lowest BCUT2D eigenvalue weighted by molar-refractivity contribution is 0.0690. The first-order valence-electron chi connectivity index (χ1n) is 3.06. The lowest BCUT2D eigenvalue weighted by Crippen LogP contribution is -2.02. The molecule has 0 saturated heterocycles. The van der Waals surface area contributed by atoms with E-state index in [2.05, 4.69) is 4.98 Å². The van der Waals surface area contributed by atoms with E-state index in [0.717, 1.165) is 5.56 Å². The highest BCUT2D eigenvalue weighted by atomic mass is 16.4. The van der Waals surface area contributed by atoms with E-state index < -0.39 is 5.97 Å². The smallest absolute Gasteiger partial charge is 0.354 e. The van der Waals surface area contributed by atoms with Crippen molar-refractivity contribution in [2.24, 2.45) is 0 Å². The minimum atomic E-state index is -1.03. The van der Waals surface area contributed by atoms with Crippen molar-refractivity contribution >= 4 is 11.7 Å². The summed E-state index contributed by atoms with van der Waals surface area (Å²) in [7, 11) is 0. The van der Waals surface area contributed by atoms with Gasteiger partial charge in [-0.1, -0.05) is 0 Å². The summed E-state index contributed by atoms with van der Waals surface area (Å²) in [6.07, 6.45) is 1.35. The molecule has 0 radical (unpaired) electrons. The van der Waals surface area contributed by atoms with Crippen LogP contribution in [0, 0.1) is 6.92 Å². The summed E-state index contributed by atoms with van der Waals surface area (Å²) in [6, 6.07) is 1.44. The first kappa shape index (κ1) is 7.53. The second kappa shape index (κ2) is 2.57. The van der Waals surface area contributed by atoms with Crippen LogP contribution in [-0.2, 0) is 0 Å². The number of rotatable bonds is 1. The third-order valence-electron chi connectivity index (χ3n) is 1.37. The van der Waals surface area contributed by atoms with Gasteiger partial charge in [-0.2, -0.15) is 0 Å². The number of carboxylic acids is 1. The lowest BCUT2D eigenvalue weighted by Gasteiger charge is -1.98. The first-order chi connectivity index (χ1) is 5.11.